The standard InChI is InChI=1S/C15H27N3/c1-11(2)9-13(4)18(5)15-14(10-12(3)16)7-6-8-17-15/h6-8,11-13H,9-10,16H2,1-5H3. The quantitative estimate of drug-likeness (QED) is 0.843. The van der Waals surface area contributed by atoms with Gasteiger partial charge in [0.1, 0.15) is 5.82 Å². The number of anilines is 1. The van der Waals surface area contributed by atoms with Crippen LogP contribution in [0, 0.1) is 5.92 Å². The van der Waals surface area contributed by atoms with Gasteiger partial charge in [0.15, 0.2) is 0 Å². The summed E-state index contributed by atoms with van der Waals surface area (Å²) in [5.41, 5.74) is 7.15. The maximum absolute atomic E-state index is 5.90. The van der Waals surface area contributed by atoms with Gasteiger partial charge in [-0.05, 0) is 44.2 Å². The molecule has 2 atom stereocenters. The molecule has 102 valence electrons. The predicted molar refractivity (Wildman–Crippen MR) is 78.9 cm³/mol. The van der Waals surface area contributed by atoms with E-state index < -0.39 is 0 Å². The van der Waals surface area contributed by atoms with E-state index in [0.29, 0.717) is 12.0 Å². The van der Waals surface area contributed by atoms with E-state index in [-0.39, 0.29) is 6.04 Å². The third kappa shape index (κ3) is 4.30. The molecular formula is C15H27N3. The number of rotatable bonds is 6. The van der Waals surface area contributed by atoms with Gasteiger partial charge in [-0.2, -0.15) is 0 Å². The first-order valence-corrected chi connectivity index (χ1v) is 6.84. The highest BCUT2D eigenvalue weighted by molar-refractivity contribution is 5.47. The van der Waals surface area contributed by atoms with E-state index in [0.717, 1.165) is 12.2 Å². The first-order valence-electron chi connectivity index (χ1n) is 6.84. The summed E-state index contributed by atoms with van der Waals surface area (Å²) in [5, 5.41) is 0. The molecule has 0 amide bonds. The minimum absolute atomic E-state index is 0.168. The van der Waals surface area contributed by atoms with Crippen molar-refractivity contribution in [2.24, 2.45) is 11.7 Å². The summed E-state index contributed by atoms with van der Waals surface area (Å²) < 4.78 is 0. The predicted octanol–water partition coefficient (Wildman–Crippen LogP) is 2.84. The van der Waals surface area contributed by atoms with Gasteiger partial charge >= 0.3 is 0 Å². The molecule has 0 aliphatic carbocycles. The van der Waals surface area contributed by atoms with Crippen molar-refractivity contribution >= 4 is 5.82 Å². The molecule has 1 aromatic rings. The van der Waals surface area contributed by atoms with Crippen LogP contribution in [0.2, 0.25) is 0 Å². The number of nitrogens with two attached hydrogens (primary N) is 1. The highest BCUT2D eigenvalue weighted by atomic mass is 15.2. The summed E-state index contributed by atoms with van der Waals surface area (Å²) in [4.78, 5) is 6.81. The van der Waals surface area contributed by atoms with Gasteiger partial charge in [-0.1, -0.05) is 19.9 Å². The molecular weight excluding hydrogens is 222 g/mol. The second-order valence-electron chi connectivity index (χ2n) is 5.76. The Morgan fingerprint density at radius 3 is 2.50 bits per heavy atom. The monoisotopic (exact) mass is 249 g/mol. The highest BCUT2D eigenvalue weighted by Gasteiger charge is 2.16. The van der Waals surface area contributed by atoms with Gasteiger partial charge in [-0.25, -0.2) is 4.98 Å². The largest absolute Gasteiger partial charge is 0.357 e. The summed E-state index contributed by atoms with van der Waals surface area (Å²) in [6, 6.07) is 4.78. The van der Waals surface area contributed by atoms with Crippen molar-refractivity contribution in [3.05, 3.63) is 23.9 Å². The first kappa shape index (κ1) is 15.0. The summed E-state index contributed by atoms with van der Waals surface area (Å²) in [5.74, 6) is 1.77. The number of nitrogens with zero attached hydrogens (tertiary/aromatic N) is 2. The fourth-order valence-electron chi connectivity index (χ4n) is 2.30. The van der Waals surface area contributed by atoms with E-state index in [4.69, 9.17) is 5.73 Å². The van der Waals surface area contributed by atoms with Gasteiger partial charge in [-0.3, -0.25) is 0 Å². The van der Waals surface area contributed by atoms with Crippen LogP contribution in [0.25, 0.3) is 0 Å². The van der Waals surface area contributed by atoms with E-state index in [1.807, 2.05) is 19.2 Å². The highest BCUT2D eigenvalue weighted by Crippen LogP contribution is 2.21. The molecule has 0 fully saturated rings. The van der Waals surface area contributed by atoms with Crippen LogP contribution in [0.5, 0.6) is 0 Å². The fourth-order valence-corrected chi connectivity index (χ4v) is 2.30. The molecule has 0 saturated carbocycles. The van der Waals surface area contributed by atoms with Gasteiger partial charge in [0.05, 0.1) is 0 Å². The molecule has 0 radical (unpaired) electrons. The maximum Gasteiger partial charge on any atom is 0.131 e. The lowest BCUT2D eigenvalue weighted by Gasteiger charge is -2.29. The average molecular weight is 249 g/mol. The van der Waals surface area contributed by atoms with Crippen molar-refractivity contribution in [2.45, 2.75) is 52.6 Å². The molecule has 3 heteroatoms. The van der Waals surface area contributed by atoms with Crippen molar-refractivity contribution in [3.63, 3.8) is 0 Å². The SMILES string of the molecule is CC(C)CC(C)N(C)c1ncccc1CC(C)N. The van der Waals surface area contributed by atoms with Crippen molar-refractivity contribution < 1.29 is 0 Å². The van der Waals surface area contributed by atoms with Crippen molar-refractivity contribution in [1.29, 1.82) is 0 Å². The molecule has 1 rings (SSSR count). The van der Waals surface area contributed by atoms with Crippen LogP contribution in [0.1, 0.15) is 39.7 Å². The third-order valence-corrected chi connectivity index (χ3v) is 3.22. The molecule has 0 aromatic carbocycles. The molecule has 1 aromatic heterocycles. The van der Waals surface area contributed by atoms with E-state index in [1.165, 1.54) is 12.0 Å². The van der Waals surface area contributed by atoms with Crippen molar-refractivity contribution in [3.8, 4) is 0 Å². The van der Waals surface area contributed by atoms with E-state index in [1.54, 1.807) is 0 Å². The van der Waals surface area contributed by atoms with E-state index >= 15 is 0 Å². The Morgan fingerprint density at radius 1 is 1.28 bits per heavy atom. The lowest BCUT2D eigenvalue weighted by Crippen LogP contribution is -2.32. The van der Waals surface area contributed by atoms with Crippen LogP contribution >= 0.6 is 0 Å². The Kier molecular flexibility index (Phi) is 5.60. The van der Waals surface area contributed by atoms with E-state index in [9.17, 15) is 0 Å². The summed E-state index contributed by atoms with van der Waals surface area (Å²) in [7, 11) is 2.13. The summed E-state index contributed by atoms with van der Waals surface area (Å²) in [6.07, 6.45) is 3.91. The third-order valence-electron chi connectivity index (χ3n) is 3.22. The zero-order chi connectivity index (χ0) is 13.7. The second kappa shape index (κ2) is 6.74. The Labute approximate surface area is 111 Å². The molecule has 0 spiro atoms. The molecule has 18 heavy (non-hydrogen) atoms. The van der Waals surface area contributed by atoms with Crippen LogP contribution in [-0.2, 0) is 6.42 Å². The topological polar surface area (TPSA) is 42.2 Å². The van der Waals surface area contributed by atoms with Gasteiger partial charge < -0.3 is 10.6 Å². The number of hydrogen-bond donors (Lipinski definition) is 1. The molecule has 0 aliphatic heterocycles. The lowest BCUT2D eigenvalue weighted by molar-refractivity contribution is 0.501. The van der Waals surface area contributed by atoms with Crippen LogP contribution in [0.15, 0.2) is 18.3 Å². The molecule has 0 bridgehead atoms. The van der Waals surface area contributed by atoms with Gasteiger partial charge in [-0.15, -0.1) is 0 Å². The van der Waals surface area contributed by atoms with Crippen molar-refractivity contribution in [1.82, 2.24) is 4.98 Å². The number of pyridine rings is 1. The summed E-state index contributed by atoms with van der Waals surface area (Å²) in [6.45, 7) is 8.80. The maximum atomic E-state index is 5.90. The molecule has 0 saturated heterocycles. The van der Waals surface area contributed by atoms with E-state index in [2.05, 4.69) is 43.8 Å². The molecule has 3 nitrogen and oxygen atoms in total. The molecule has 1 heterocycles. The minimum Gasteiger partial charge on any atom is -0.357 e. The zero-order valence-electron chi connectivity index (χ0n) is 12.4. The van der Waals surface area contributed by atoms with Crippen LogP contribution in [0.4, 0.5) is 5.82 Å². The van der Waals surface area contributed by atoms with Crippen LogP contribution in [0.3, 0.4) is 0 Å². The number of hydrogen-bond acceptors (Lipinski definition) is 3. The van der Waals surface area contributed by atoms with Gasteiger partial charge in [0.25, 0.3) is 0 Å². The van der Waals surface area contributed by atoms with Gasteiger partial charge in [0.2, 0.25) is 0 Å². The molecule has 2 N–H and O–H groups in total. The van der Waals surface area contributed by atoms with Crippen molar-refractivity contribution in [2.75, 3.05) is 11.9 Å². The van der Waals surface area contributed by atoms with Crippen LogP contribution < -0.4 is 10.6 Å². The average Bonchev–Trinajstić information content (AvgIpc) is 2.27. The minimum atomic E-state index is 0.168. The Bertz CT molecular complexity index is 361. The Morgan fingerprint density at radius 2 is 1.94 bits per heavy atom. The second-order valence-corrected chi connectivity index (χ2v) is 5.76. The summed E-state index contributed by atoms with van der Waals surface area (Å²) >= 11 is 0. The number of aromatic nitrogens is 1. The Hall–Kier alpha value is -1.09. The van der Waals surface area contributed by atoms with Gasteiger partial charge in [0, 0.05) is 25.3 Å². The Balaban J connectivity index is 2.87. The normalized spacial score (nSPS) is 14.6. The first-order chi connectivity index (χ1) is 8.41. The zero-order valence-corrected chi connectivity index (χ0v) is 12.4. The lowest BCUT2D eigenvalue weighted by atomic mass is 10.0. The fraction of sp³-hybridized carbons (Fsp3) is 0.667. The smallest absolute Gasteiger partial charge is 0.131 e. The molecule has 2 unspecified atom stereocenters. The van der Waals surface area contributed by atoms with Crippen LogP contribution in [-0.4, -0.2) is 24.1 Å². The molecule has 0 aliphatic rings.